The lowest BCUT2D eigenvalue weighted by Gasteiger charge is -2.17. The molecule has 1 aromatic carbocycles. The first-order valence-corrected chi connectivity index (χ1v) is 7.13. The van der Waals surface area contributed by atoms with E-state index in [-0.39, 0.29) is 0 Å². The van der Waals surface area contributed by atoms with Crippen molar-refractivity contribution in [2.75, 3.05) is 6.54 Å². The summed E-state index contributed by atoms with van der Waals surface area (Å²) in [5.74, 6) is 2.43. The van der Waals surface area contributed by atoms with E-state index in [1.54, 1.807) is 6.26 Å². The maximum Gasteiger partial charge on any atom is 0.105 e. The standard InChI is InChI=1S/C17H21NO/c1-3-18-17(14-9-10-19-12(14)2)16-11-15(16)13-7-5-4-6-8-13/h4-10,15-18H,3,11H2,1-2H3. The lowest BCUT2D eigenvalue weighted by atomic mass is 9.99. The van der Waals surface area contributed by atoms with Crippen LogP contribution in [-0.2, 0) is 0 Å². The Morgan fingerprint density at radius 2 is 2.05 bits per heavy atom. The molecule has 3 unspecified atom stereocenters. The molecule has 1 fully saturated rings. The zero-order valence-corrected chi connectivity index (χ0v) is 11.6. The fraction of sp³-hybridized carbons (Fsp3) is 0.412. The Morgan fingerprint density at radius 1 is 1.26 bits per heavy atom. The lowest BCUT2D eigenvalue weighted by Crippen LogP contribution is -2.23. The zero-order valence-electron chi connectivity index (χ0n) is 11.6. The van der Waals surface area contributed by atoms with Crippen LogP contribution >= 0.6 is 0 Å². The summed E-state index contributed by atoms with van der Waals surface area (Å²) in [6.07, 6.45) is 3.07. The Bertz CT molecular complexity index is 531. The number of furan rings is 1. The molecular weight excluding hydrogens is 234 g/mol. The van der Waals surface area contributed by atoms with Gasteiger partial charge in [-0.25, -0.2) is 0 Å². The van der Waals surface area contributed by atoms with Gasteiger partial charge in [0.2, 0.25) is 0 Å². The van der Waals surface area contributed by atoms with Gasteiger partial charge in [0.1, 0.15) is 5.76 Å². The Kier molecular flexibility index (Phi) is 3.43. The van der Waals surface area contributed by atoms with Crippen molar-refractivity contribution in [2.24, 2.45) is 5.92 Å². The van der Waals surface area contributed by atoms with Gasteiger partial charge in [0.15, 0.2) is 0 Å². The van der Waals surface area contributed by atoms with E-state index in [4.69, 9.17) is 4.42 Å². The summed E-state index contributed by atoms with van der Waals surface area (Å²) >= 11 is 0. The first-order chi connectivity index (χ1) is 9.31. The third-order valence-corrected chi connectivity index (χ3v) is 4.15. The third-order valence-electron chi connectivity index (χ3n) is 4.15. The number of benzene rings is 1. The Hall–Kier alpha value is -1.54. The van der Waals surface area contributed by atoms with Crippen molar-refractivity contribution in [3.05, 3.63) is 59.5 Å². The summed E-state index contributed by atoms with van der Waals surface area (Å²) in [7, 11) is 0. The highest BCUT2D eigenvalue weighted by Gasteiger charge is 2.44. The summed E-state index contributed by atoms with van der Waals surface area (Å²) in [6.45, 7) is 5.22. The maximum atomic E-state index is 5.47. The maximum absolute atomic E-state index is 5.47. The summed E-state index contributed by atoms with van der Waals surface area (Å²) < 4.78 is 5.47. The van der Waals surface area contributed by atoms with Crippen LogP contribution in [0, 0.1) is 12.8 Å². The number of hydrogen-bond donors (Lipinski definition) is 1. The minimum Gasteiger partial charge on any atom is -0.469 e. The van der Waals surface area contributed by atoms with E-state index in [1.165, 1.54) is 17.5 Å². The van der Waals surface area contributed by atoms with E-state index in [0.29, 0.717) is 17.9 Å². The van der Waals surface area contributed by atoms with Crippen LogP contribution in [0.3, 0.4) is 0 Å². The van der Waals surface area contributed by atoms with E-state index in [0.717, 1.165) is 12.3 Å². The molecule has 0 spiro atoms. The quantitative estimate of drug-likeness (QED) is 0.872. The van der Waals surface area contributed by atoms with Gasteiger partial charge in [0, 0.05) is 11.6 Å². The number of hydrogen-bond acceptors (Lipinski definition) is 2. The second kappa shape index (κ2) is 5.22. The minimum absolute atomic E-state index is 0.425. The Balaban J connectivity index is 1.79. The normalized spacial score (nSPS) is 23.3. The van der Waals surface area contributed by atoms with E-state index < -0.39 is 0 Å². The molecule has 2 heteroatoms. The average Bonchev–Trinajstić information content (AvgIpc) is 3.12. The molecule has 2 aromatic rings. The van der Waals surface area contributed by atoms with Crippen molar-refractivity contribution in [3.63, 3.8) is 0 Å². The second-order valence-corrected chi connectivity index (χ2v) is 5.38. The van der Waals surface area contributed by atoms with Gasteiger partial charge in [-0.05, 0) is 43.4 Å². The molecule has 0 aliphatic heterocycles. The molecule has 1 aliphatic carbocycles. The molecule has 1 aliphatic rings. The molecule has 0 bridgehead atoms. The fourth-order valence-electron chi connectivity index (χ4n) is 3.10. The van der Waals surface area contributed by atoms with E-state index in [2.05, 4.69) is 55.6 Å². The van der Waals surface area contributed by atoms with Gasteiger partial charge < -0.3 is 9.73 Å². The highest BCUT2D eigenvalue weighted by molar-refractivity contribution is 5.31. The van der Waals surface area contributed by atoms with Gasteiger partial charge >= 0.3 is 0 Å². The Labute approximate surface area is 114 Å². The highest BCUT2D eigenvalue weighted by atomic mass is 16.3. The largest absolute Gasteiger partial charge is 0.469 e. The van der Waals surface area contributed by atoms with Crippen molar-refractivity contribution >= 4 is 0 Å². The molecule has 1 N–H and O–H groups in total. The van der Waals surface area contributed by atoms with Gasteiger partial charge in [-0.1, -0.05) is 37.3 Å². The number of nitrogens with one attached hydrogen (secondary N) is 1. The van der Waals surface area contributed by atoms with Crippen molar-refractivity contribution in [1.82, 2.24) is 5.32 Å². The fourth-order valence-corrected chi connectivity index (χ4v) is 3.10. The molecule has 0 radical (unpaired) electrons. The van der Waals surface area contributed by atoms with E-state index in [9.17, 15) is 0 Å². The van der Waals surface area contributed by atoms with Crippen molar-refractivity contribution in [3.8, 4) is 0 Å². The number of aryl methyl sites for hydroxylation is 1. The predicted molar refractivity (Wildman–Crippen MR) is 77.2 cm³/mol. The van der Waals surface area contributed by atoms with E-state index in [1.807, 2.05) is 0 Å². The molecule has 3 atom stereocenters. The van der Waals surface area contributed by atoms with Crippen LogP contribution in [0.15, 0.2) is 47.1 Å². The predicted octanol–water partition coefficient (Wildman–Crippen LogP) is 4.04. The average molecular weight is 255 g/mol. The number of rotatable bonds is 5. The molecule has 1 heterocycles. The van der Waals surface area contributed by atoms with Crippen LogP contribution < -0.4 is 5.32 Å². The highest BCUT2D eigenvalue weighted by Crippen LogP contribution is 2.54. The second-order valence-electron chi connectivity index (χ2n) is 5.38. The Morgan fingerprint density at radius 3 is 2.68 bits per heavy atom. The van der Waals surface area contributed by atoms with Gasteiger partial charge in [-0.2, -0.15) is 0 Å². The molecular formula is C17H21NO. The summed E-state index contributed by atoms with van der Waals surface area (Å²) in [5, 5.41) is 3.63. The van der Waals surface area contributed by atoms with Crippen LogP contribution in [0.5, 0.6) is 0 Å². The van der Waals surface area contributed by atoms with Gasteiger partial charge in [0.05, 0.1) is 6.26 Å². The molecule has 19 heavy (non-hydrogen) atoms. The molecule has 2 nitrogen and oxygen atoms in total. The van der Waals surface area contributed by atoms with Gasteiger partial charge in [-0.15, -0.1) is 0 Å². The summed E-state index contributed by atoms with van der Waals surface area (Å²) in [4.78, 5) is 0. The first-order valence-electron chi connectivity index (χ1n) is 7.13. The smallest absolute Gasteiger partial charge is 0.105 e. The molecule has 0 amide bonds. The SMILES string of the molecule is CCNC(c1ccoc1C)C1CC1c1ccccc1. The van der Waals surface area contributed by atoms with Crippen LogP contribution in [0.25, 0.3) is 0 Å². The van der Waals surface area contributed by atoms with Crippen molar-refractivity contribution < 1.29 is 4.42 Å². The molecule has 100 valence electrons. The van der Waals surface area contributed by atoms with Crippen LogP contribution in [0.4, 0.5) is 0 Å². The molecule has 3 rings (SSSR count). The summed E-state index contributed by atoms with van der Waals surface area (Å²) in [6, 6.07) is 13.4. The van der Waals surface area contributed by atoms with Crippen LogP contribution in [0.1, 0.15) is 42.2 Å². The lowest BCUT2D eigenvalue weighted by molar-refractivity contribution is 0.466. The van der Waals surface area contributed by atoms with Crippen molar-refractivity contribution in [2.45, 2.75) is 32.2 Å². The van der Waals surface area contributed by atoms with Crippen LogP contribution in [-0.4, -0.2) is 6.54 Å². The molecule has 1 saturated carbocycles. The topological polar surface area (TPSA) is 25.2 Å². The summed E-state index contributed by atoms with van der Waals surface area (Å²) in [5.41, 5.74) is 2.79. The van der Waals surface area contributed by atoms with Gasteiger partial charge in [0.25, 0.3) is 0 Å². The molecule has 1 aromatic heterocycles. The zero-order chi connectivity index (χ0) is 13.2. The van der Waals surface area contributed by atoms with Crippen LogP contribution in [0.2, 0.25) is 0 Å². The first kappa shape index (κ1) is 12.5. The van der Waals surface area contributed by atoms with Crippen molar-refractivity contribution in [1.29, 1.82) is 0 Å². The van der Waals surface area contributed by atoms with E-state index >= 15 is 0 Å². The monoisotopic (exact) mass is 255 g/mol. The minimum atomic E-state index is 0.425. The molecule has 0 saturated heterocycles. The van der Waals surface area contributed by atoms with Gasteiger partial charge in [-0.3, -0.25) is 0 Å². The third kappa shape index (κ3) is 2.45.